The van der Waals surface area contributed by atoms with Gasteiger partial charge in [0.15, 0.2) is 0 Å². The van der Waals surface area contributed by atoms with Crippen LogP contribution >= 0.6 is 0 Å². The standard InChI is InChI=1S/C23H26N4O4/c1-15(14-21(28)24-18-12-7-9-16-8-3-4-10-17(16)18)26-27-23(30)22(29)25-19-11-5-6-13-20(19)31-2/h5-7,9,11-13H,3-4,8,10,14H2,1-2H3,(H,24,28)(H,25,29)(H,27,30)/b26-15-. The number of carbonyl (C=O) groups excluding carboxylic acids is 3. The number of hydrogen-bond acceptors (Lipinski definition) is 5. The molecule has 0 saturated carbocycles. The van der Waals surface area contributed by atoms with E-state index in [2.05, 4.69) is 27.2 Å². The minimum Gasteiger partial charge on any atom is -0.495 e. The van der Waals surface area contributed by atoms with E-state index < -0.39 is 11.8 Å². The van der Waals surface area contributed by atoms with Crippen LogP contribution in [-0.2, 0) is 27.2 Å². The maximum absolute atomic E-state index is 12.4. The Kier molecular flexibility index (Phi) is 7.37. The van der Waals surface area contributed by atoms with Crippen molar-refractivity contribution in [2.24, 2.45) is 5.10 Å². The average Bonchev–Trinajstić information content (AvgIpc) is 2.78. The van der Waals surface area contributed by atoms with Gasteiger partial charge in [0.25, 0.3) is 0 Å². The lowest BCUT2D eigenvalue weighted by Gasteiger charge is -2.19. The van der Waals surface area contributed by atoms with Gasteiger partial charge in [-0.2, -0.15) is 5.10 Å². The smallest absolute Gasteiger partial charge is 0.329 e. The summed E-state index contributed by atoms with van der Waals surface area (Å²) in [7, 11) is 1.47. The number of aryl methyl sites for hydroxylation is 1. The van der Waals surface area contributed by atoms with E-state index in [1.807, 2.05) is 12.1 Å². The number of nitrogens with zero attached hydrogens (tertiary/aromatic N) is 1. The van der Waals surface area contributed by atoms with E-state index in [0.717, 1.165) is 24.9 Å². The summed E-state index contributed by atoms with van der Waals surface area (Å²) in [4.78, 5) is 36.5. The van der Waals surface area contributed by atoms with Crippen LogP contribution in [0.25, 0.3) is 0 Å². The zero-order valence-electron chi connectivity index (χ0n) is 17.7. The average molecular weight is 422 g/mol. The summed E-state index contributed by atoms with van der Waals surface area (Å²) in [5.74, 6) is -1.62. The van der Waals surface area contributed by atoms with Crippen LogP contribution in [0, 0.1) is 0 Å². The first-order valence-corrected chi connectivity index (χ1v) is 10.2. The number of fused-ring (bicyclic) bond motifs is 1. The number of methoxy groups -OCH3 is 1. The van der Waals surface area contributed by atoms with Gasteiger partial charge in [0.1, 0.15) is 5.75 Å². The number of anilines is 2. The number of hydrogen-bond donors (Lipinski definition) is 3. The number of ether oxygens (including phenoxy) is 1. The first-order valence-electron chi connectivity index (χ1n) is 10.2. The van der Waals surface area contributed by atoms with Gasteiger partial charge in [-0.3, -0.25) is 14.4 Å². The number of hydrazone groups is 1. The molecule has 31 heavy (non-hydrogen) atoms. The SMILES string of the molecule is COc1ccccc1NC(=O)C(=O)N/N=C(/C)CC(=O)Nc1cccc2c1CCCC2. The summed E-state index contributed by atoms with van der Waals surface area (Å²) in [6.07, 6.45) is 4.26. The zero-order valence-corrected chi connectivity index (χ0v) is 17.7. The molecule has 8 heteroatoms. The number of carbonyl (C=O) groups is 3. The highest BCUT2D eigenvalue weighted by atomic mass is 16.5. The first-order chi connectivity index (χ1) is 15.0. The first kappa shape index (κ1) is 22.0. The highest BCUT2D eigenvalue weighted by Crippen LogP contribution is 2.28. The van der Waals surface area contributed by atoms with E-state index in [1.54, 1.807) is 31.2 Å². The monoisotopic (exact) mass is 422 g/mol. The Bertz CT molecular complexity index is 1020. The number of amides is 3. The van der Waals surface area contributed by atoms with Crippen LogP contribution in [0.1, 0.15) is 37.3 Å². The summed E-state index contributed by atoms with van der Waals surface area (Å²) in [5.41, 5.74) is 6.22. The largest absolute Gasteiger partial charge is 0.495 e. The van der Waals surface area contributed by atoms with Gasteiger partial charge < -0.3 is 15.4 Å². The van der Waals surface area contributed by atoms with Gasteiger partial charge in [-0.1, -0.05) is 24.3 Å². The summed E-state index contributed by atoms with van der Waals surface area (Å²) < 4.78 is 5.13. The van der Waals surface area contributed by atoms with Gasteiger partial charge in [0.2, 0.25) is 5.91 Å². The fourth-order valence-electron chi connectivity index (χ4n) is 3.49. The second-order valence-corrected chi connectivity index (χ2v) is 7.32. The maximum Gasteiger partial charge on any atom is 0.329 e. The van der Waals surface area contributed by atoms with Crippen LogP contribution in [0.3, 0.4) is 0 Å². The molecule has 0 unspecified atom stereocenters. The van der Waals surface area contributed by atoms with E-state index in [1.165, 1.54) is 24.7 Å². The van der Waals surface area contributed by atoms with Crippen LogP contribution < -0.4 is 20.8 Å². The Hall–Kier alpha value is -3.68. The molecule has 2 aromatic carbocycles. The van der Waals surface area contributed by atoms with Gasteiger partial charge in [0.05, 0.1) is 19.2 Å². The van der Waals surface area contributed by atoms with Crippen molar-refractivity contribution in [1.29, 1.82) is 0 Å². The lowest BCUT2D eigenvalue weighted by Crippen LogP contribution is -2.33. The zero-order chi connectivity index (χ0) is 22.2. The van der Waals surface area contributed by atoms with Crippen LogP contribution in [-0.4, -0.2) is 30.5 Å². The molecule has 3 N–H and O–H groups in total. The molecule has 0 spiro atoms. The van der Waals surface area contributed by atoms with E-state index in [0.29, 0.717) is 17.1 Å². The molecule has 0 bridgehead atoms. The molecule has 0 heterocycles. The summed E-state index contributed by atoms with van der Waals surface area (Å²) in [6, 6.07) is 12.7. The van der Waals surface area contributed by atoms with E-state index >= 15 is 0 Å². The Morgan fingerprint density at radius 1 is 0.935 bits per heavy atom. The lowest BCUT2D eigenvalue weighted by atomic mass is 9.90. The highest BCUT2D eigenvalue weighted by Gasteiger charge is 2.17. The molecule has 1 aliphatic rings. The third kappa shape index (κ3) is 5.91. The van der Waals surface area contributed by atoms with Crippen molar-refractivity contribution < 1.29 is 19.1 Å². The van der Waals surface area contributed by atoms with Gasteiger partial charge in [-0.25, -0.2) is 5.43 Å². The van der Waals surface area contributed by atoms with E-state index in [9.17, 15) is 14.4 Å². The molecule has 1 aliphatic carbocycles. The summed E-state index contributed by atoms with van der Waals surface area (Å²) in [5, 5.41) is 9.26. The second kappa shape index (κ2) is 10.4. The third-order valence-corrected chi connectivity index (χ3v) is 5.00. The van der Waals surface area contributed by atoms with Gasteiger partial charge in [-0.15, -0.1) is 0 Å². The molecule has 0 atom stereocenters. The highest BCUT2D eigenvalue weighted by molar-refractivity contribution is 6.39. The van der Waals surface area contributed by atoms with Gasteiger partial charge >= 0.3 is 11.8 Å². The molecule has 2 aromatic rings. The van der Waals surface area contributed by atoms with Crippen molar-refractivity contribution in [2.75, 3.05) is 17.7 Å². The lowest BCUT2D eigenvalue weighted by molar-refractivity contribution is -0.136. The molecule has 0 aromatic heterocycles. The van der Waals surface area contributed by atoms with Gasteiger partial charge in [-0.05, 0) is 61.9 Å². The van der Waals surface area contributed by atoms with Crippen LogP contribution in [0.2, 0.25) is 0 Å². The van der Waals surface area contributed by atoms with Crippen LogP contribution in [0.4, 0.5) is 11.4 Å². The maximum atomic E-state index is 12.4. The quantitative estimate of drug-likeness (QED) is 0.378. The molecule has 0 saturated heterocycles. The van der Waals surface area contributed by atoms with Crippen molar-refractivity contribution in [3.05, 3.63) is 53.6 Å². The molecule has 3 rings (SSSR count). The summed E-state index contributed by atoms with van der Waals surface area (Å²) >= 11 is 0. The molecule has 8 nitrogen and oxygen atoms in total. The van der Waals surface area contributed by atoms with Crippen molar-refractivity contribution in [3.8, 4) is 5.75 Å². The van der Waals surface area contributed by atoms with Gasteiger partial charge in [0, 0.05) is 11.4 Å². The molecule has 0 fully saturated rings. The van der Waals surface area contributed by atoms with E-state index in [4.69, 9.17) is 4.74 Å². The van der Waals surface area contributed by atoms with Crippen LogP contribution in [0.15, 0.2) is 47.6 Å². The van der Waals surface area contributed by atoms with Crippen LogP contribution in [0.5, 0.6) is 5.75 Å². The molecular weight excluding hydrogens is 396 g/mol. The molecule has 162 valence electrons. The molecular formula is C23H26N4O4. The van der Waals surface area contributed by atoms with E-state index in [-0.39, 0.29) is 12.3 Å². The van der Waals surface area contributed by atoms with Crippen molar-refractivity contribution in [1.82, 2.24) is 5.43 Å². The number of rotatable bonds is 6. The Balaban J connectivity index is 1.53. The third-order valence-electron chi connectivity index (χ3n) is 5.00. The second-order valence-electron chi connectivity index (χ2n) is 7.32. The molecule has 3 amide bonds. The van der Waals surface area contributed by atoms with Crippen molar-refractivity contribution >= 4 is 34.8 Å². The molecule has 0 aliphatic heterocycles. The minimum absolute atomic E-state index is 0.00191. The number of nitrogens with one attached hydrogen (secondary N) is 3. The predicted octanol–water partition coefficient (Wildman–Crippen LogP) is 3.03. The number of benzene rings is 2. The number of para-hydroxylation sites is 2. The van der Waals surface area contributed by atoms with Crippen molar-refractivity contribution in [2.45, 2.75) is 39.0 Å². The fourth-order valence-corrected chi connectivity index (χ4v) is 3.49. The Morgan fingerprint density at radius 3 is 2.48 bits per heavy atom. The topological polar surface area (TPSA) is 109 Å². The predicted molar refractivity (Wildman–Crippen MR) is 119 cm³/mol. The fraction of sp³-hybridized carbons (Fsp3) is 0.304. The minimum atomic E-state index is -0.942. The summed E-state index contributed by atoms with van der Waals surface area (Å²) in [6.45, 7) is 1.61. The normalized spacial score (nSPS) is 13.0. The van der Waals surface area contributed by atoms with Crippen molar-refractivity contribution in [3.63, 3.8) is 0 Å². The Labute approximate surface area is 181 Å². The molecule has 0 radical (unpaired) electrons. The Morgan fingerprint density at radius 2 is 1.68 bits per heavy atom.